The molecule has 134 valence electrons. The van der Waals surface area contributed by atoms with Gasteiger partial charge in [-0.2, -0.15) is 5.10 Å². The molecule has 0 bridgehead atoms. The van der Waals surface area contributed by atoms with Gasteiger partial charge >= 0.3 is 0 Å². The highest BCUT2D eigenvalue weighted by molar-refractivity contribution is 5.76. The number of aromatic nitrogens is 2. The minimum absolute atomic E-state index is 0.275. The number of benzene rings is 1. The molecule has 0 aliphatic carbocycles. The average Bonchev–Trinajstić information content (AvgIpc) is 2.90. The van der Waals surface area contributed by atoms with Gasteiger partial charge in [0, 0.05) is 38.8 Å². The molecule has 1 atom stereocenters. The van der Waals surface area contributed by atoms with Gasteiger partial charge in [-0.15, -0.1) is 0 Å². The van der Waals surface area contributed by atoms with Crippen LogP contribution in [0.4, 0.5) is 0 Å². The van der Waals surface area contributed by atoms with Crippen LogP contribution in [-0.4, -0.2) is 52.7 Å². The molecule has 25 heavy (non-hydrogen) atoms. The number of hydrogen-bond donors (Lipinski definition) is 0. The zero-order valence-corrected chi connectivity index (χ0v) is 15.7. The van der Waals surface area contributed by atoms with Crippen LogP contribution in [0.3, 0.4) is 0 Å². The van der Waals surface area contributed by atoms with E-state index in [9.17, 15) is 4.79 Å². The van der Waals surface area contributed by atoms with Crippen molar-refractivity contribution in [3.63, 3.8) is 0 Å². The molecule has 1 aromatic carbocycles. The van der Waals surface area contributed by atoms with Gasteiger partial charge in [0.25, 0.3) is 0 Å². The van der Waals surface area contributed by atoms with Crippen LogP contribution >= 0.6 is 0 Å². The number of amides is 1. The average molecular weight is 340 g/mol. The highest BCUT2D eigenvalue weighted by Crippen LogP contribution is 2.19. The van der Waals surface area contributed by atoms with Crippen molar-refractivity contribution in [2.45, 2.75) is 33.2 Å². The first-order valence-electron chi connectivity index (χ1n) is 8.97. The Morgan fingerprint density at radius 3 is 2.76 bits per heavy atom. The van der Waals surface area contributed by atoms with E-state index in [-0.39, 0.29) is 5.91 Å². The molecule has 3 rings (SSSR count). The zero-order chi connectivity index (χ0) is 18.0. The van der Waals surface area contributed by atoms with Crippen LogP contribution in [0.1, 0.15) is 29.8 Å². The number of nitrogens with zero attached hydrogens (tertiary/aromatic N) is 4. The molecule has 0 N–H and O–H groups in total. The van der Waals surface area contributed by atoms with E-state index in [0.717, 1.165) is 43.1 Å². The number of carbonyl (C=O) groups is 1. The molecule has 0 spiro atoms. The third kappa shape index (κ3) is 4.28. The molecule has 1 amide bonds. The molecule has 0 saturated carbocycles. The standard InChI is InChI=1S/C20H28N4O/c1-15-10-16(2)24(21-15)19-7-5-6-17(11-19)12-22(3)13-18-8-9-20(25)23(4)14-18/h5-7,10-11,18H,8-9,12-14H2,1-4H3. The third-order valence-electron chi connectivity index (χ3n) is 4.91. The van der Waals surface area contributed by atoms with Crippen molar-refractivity contribution in [3.05, 3.63) is 47.3 Å². The monoisotopic (exact) mass is 340 g/mol. The first kappa shape index (κ1) is 17.7. The highest BCUT2D eigenvalue weighted by atomic mass is 16.2. The second-order valence-electron chi connectivity index (χ2n) is 7.38. The van der Waals surface area contributed by atoms with E-state index in [2.05, 4.69) is 54.3 Å². The Morgan fingerprint density at radius 2 is 2.08 bits per heavy atom. The summed E-state index contributed by atoms with van der Waals surface area (Å²) >= 11 is 0. The first-order valence-corrected chi connectivity index (χ1v) is 8.97. The van der Waals surface area contributed by atoms with Gasteiger partial charge in [-0.1, -0.05) is 12.1 Å². The first-order chi connectivity index (χ1) is 11.9. The Balaban J connectivity index is 1.64. The third-order valence-corrected chi connectivity index (χ3v) is 4.91. The van der Waals surface area contributed by atoms with Crippen molar-refractivity contribution < 1.29 is 4.79 Å². The van der Waals surface area contributed by atoms with E-state index >= 15 is 0 Å². The maximum atomic E-state index is 11.6. The summed E-state index contributed by atoms with van der Waals surface area (Å²) in [5.41, 5.74) is 4.58. The summed E-state index contributed by atoms with van der Waals surface area (Å²) < 4.78 is 2.00. The topological polar surface area (TPSA) is 41.4 Å². The van der Waals surface area contributed by atoms with Gasteiger partial charge in [0.1, 0.15) is 0 Å². The molecule has 1 fully saturated rings. The van der Waals surface area contributed by atoms with Gasteiger partial charge in [-0.25, -0.2) is 4.68 Å². The summed E-state index contributed by atoms with van der Waals surface area (Å²) in [5, 5.41) is 4.58. The van der Waals surface area contributed by atoms with Gasteiger partial charge in [-0.05, 0) is 57.0 Å². The number of piperidine rings is 1. The number of likely N-dealkylation sites (tertiary alicyclic amines) is 1. The molecule has 1 aromatic heterocycles. The fourth-order valence-electron chi connectivity index (χ4n) is 3.74. The summed E-state index contributed by atoms with van der Waals surface area (Å²) in [6, 6.07) is 10.7. The number of hydrogen-bond acceptors (Lipinski definition) is 3. The van der Waals surface area contributed by atoms with Crippen molar-refractivity contribution >= 4 is 5.91 Å². The van der Waals surface area contributed by atoms with Crippen LogP contribution in [0.5, 0.6) is 0 Å². The van der Waals surface area contributed by atoms with Gasteiger partial charge in [-0.3, -0.25) is 4.79 Å². The minimum atomic E-state index is 0.275. The van der Waals surface area contributed by atoms with E-state index in [0.29, 0.717) is 12.3 Å². The van der Waals surface area contributed by atoms with Crippen LogP contribution in [-0.2, 0) is 11.3 Å². The number of aryl methyl sites for hydroxylation is 2. The van der Waals surface area contributed by atoms with Crippen LogP contribution in [0, 0.1) is 19.8 Å². The van der Waals surface area contributed by atoms with Crippen molar-refractivity contribution in [3.8, 4) is 5.69 Å². The number of carbonyl (C=O) groups excluding carboxylic acids is 1. The summed E-state index contributed by atoms with van der Waals surface area (Å²) in [6.07, 6.45) is 1.68. The van der Waals surface area contributed by atoms with Gasteiger partial charge < -0.3 is 9.80 Å². The zero-order valence-electron chi connectivity index (χ0n) is 15.7. The van der Waals surface area contributed by atoms with E-state index in [1.165, 1.54) is 5.56 Å². The van der Waals surface area contributed by atoms with Crippen LogP contribution in [0.25, 0.3) is 5.69 Å². The predicted octanol–water partition coefficient (Wildman–Crippen LogP) is 2.79. The van der Waals surface area contributed by atoms with Crippen LogP contribution in [0.2, 0.25) is 0 Å². The predicted molar refractivity (Wildman–Crippen MR) is 99.7 cm³/mol. The molecule has 2 aromatic rings. The van der Waals surface area contributed by atoms with E-state index in [1.54, 1.807) is 0 Å². The summed E-state index contributed by atoms with van der Waals surface area (Å²) in [5.74, 6) is 0.836. The fraction of sp³-hybridized carbons (Fsp3) is 0.500. The Hall–Kier alpha value is -2.14. The molecule has 0 radical (unpaired) electrons. The Bertz CT molecular complexity index is 752. The maximum Gasteiger partial charge on any atom is 0.222 e. The Morgan fingerprint density at radius 1 is 1.28 bits per heavy atom. The summed E-state index contributed by atoms with van der Waals surface area (Å²) in [6.45, 7) is 6.89. The Labute approximate surface area is 150 Å². The molecule has 2 heterocycles. The Kier molecular flexibility index (Phi) is 5.23. The van der Waals surface area contributed by atoms with Crippen molar-refractivity contribution in [1.82, 2.24) is 19.6 Å². The maximum absolute atomic E-state index is 11.6. The lowest BCUT2D eigenvalue weighted by Crippen LogP contribution is -2.41. The van der Waals surface area contributed by atoms with Gasteiger partial charge in [0.15, 0.2) is 0 Å². The highest BCUT2D eigenvalue weighted by Gasteiger charge is 2.23. The smallest absolute Gasteiger partial charge is 0.222 e. The molecule has 5 nitrogen and oxygen atoms in total. The van der Waals surface area contributed by atoms with E-state index in [1.807, 2.05) is 23.6 Å². The molecular formula is C20H28N4O. The van der Waals surface area contributed by atoms with E-state index < -0.39 is 0 Å². The minimum Gasteiger partial charge on any atom is -0.345 e. The van der Waals surface area contributed by atoms with Gasteiger partial charge in [0.2, 0.25) is 5.91 Å². The molecule has 1 aliphatic heterocycles. The van der Waals surface area contributed by atoms with E-state index in [4.69, 9.17) is 0 Å². The lowest BCUT2D eigenvalue weighted by Gasteiger charge is -2.32. The van der Waals surface area contributed by atoms with Crippen LogP contribution < -0.4 is 0 Å². The quantitative estimate of drug-likeness (QED) is 0.840. The van der Waals surface area contributed by atoms with Crippen molar-refractivity contribution in [1.29, 1.82) is 0 Å². The summed E-state index contributed by atoms with van der Waals surface area (Å²) in [4.78, 5) is 15.8. The lowest BCUT2D eigenvalue weighted by molar-refractivity contribution is -0.133. The molecule has 5 heteroatoms. The molecule has 1 aliphatic rings. The second-order valence-corrected chi connectivity index (χ2v) is 7.38. The SMILES string of the molecule is Cc1cc(C)n(-c2cccc(CN(C)CC3CCC(=O)N(C)C3)c2)n1. The van der Waals surface area contributed by atoms with Crippen molar-refractivity contribution in [2.24, 2.45) is 5.92 Å². The fourth-order valence-corrected chi connectivity index (χ4v) is 3.74. The van der Waals surface area contributed by atoms with Crippen molar-refractivity contribution in [2.75, 3.05) is 27.2 Å². The molecule has 1 saturated heterocycles. The lowest BCUT2D eigenvalue weighted by atomic mass is 9.97. The van der Waals surface area contributed by atoms with Crippen LogP contribution in [0.15, 0.2) is 30.3 Å². The largest absolute Gasteiger partial charge is 0.345 e. The van der Waals surface area contributed by atoms with Gasteiger partial charge in [0.05, 0.1) is 11.4 Å². The molecule has 1 unspecified atom stereocenters. The second kappa shape index (κ2) is 7.40. The molecular weight excluding hydrogens is 312 g/mol. The summed E-state index contributed by atoms with van der Waals surface area (Å²) in [7, 11) is 4.07. The normalized spacial score (nSPS) is 18.2. The number of rotatable bonds is 5.